The third-order valence-electron chi connectivity index (χ3n) is 4.52. The predicted molar refractivity (Wildman–Crippen MR) is 107 cm³/mol. The summed E-state index contributed by atoms with van der Waals surface area (Å²) in [6, 6.07) is 6.06. The van der Waals surface area contributed by atoms with Gasteiger partial charge >= 0.3 is 0 Å². The van der Waals surface area contributed by atoms with Crippen molar-refractivity contribution in [3.05, 3.63) is 46.4 Å². The third kappa shape index (κ3) is 4.73. The number of nitrogen functional groups attached to an aromatic ring is 1. The Bertz CT molecular complexity index is 911. The third-order valence-corrected chi connectivity index (χ3v) is 4.52. The molecule has 0 radical (unpaired) electrons. The van der Waals surface area contributed by atoms with Crippen LogP contribution in [0.2, 0.25) is 0 Å². The van der Waals surface area contributed by atoms with Crippen molar-refractivity contribution in [2.75, 3.05) is 24.7 Å². The lowest BCUT2D eigenvalue weighted by molar-refractivity contribution is 0.410. The number of aromatic amines is 1. The number of rotatable bonds is 9. The van der Waals surface area contributed by atoms with Crippen LogP contribution in [0.5, 0.6) is 5.75 Å². The highest BCUT2D eigenvalue weighted by molar-refractivity contribution is 5.53. The maximum absolute atomic E-state index is 5.87. The second-order valence-corrected chi connectivity index (χ2v) is 6.60. The van der Waals surface area contributed by atoms with E-state index in [-0.39, 0.29) is 5.95 Å². The van der Waals surface area contributed by atoms with Gasteiger partial charge in [0.05, 0.1) is 7.11 Å². The van der Waals surface area contributed by atoms with E-state index in [0.29, 0.717) is 18.7 Å². The summed E-state index contributed by atoms with van der Waals surface area (Å²) in [5.74, 6) is 2.51. The summed E-state index contributed by atoms with van der Waals surface area (Å²) in [5.41, 5.74) is 9.86. The number of anilines is 2. The average molecular weight is 382 g/mol. The Morgan fingerprint density at radius 3 is 2.79 bits per heavy atom. The molecule has 148 valence electrons. The summed E-state index contributed by atoms with van der Waals surface area (Å²) in [6.07, 6.45) is 3.38. The van der Waals surface area contributed by atoms with Crippen LogP contribution in [0.4, 0.5) is 11.8 Å². The second-order valence-electron chi connectivity index (χ2n) is 6.60. The molecular formula is C19H26N8O. The van der Waals surface area contributed by atoms with Crippen LogP contribution in [0.25, 0.3) is 0 Å². The van der Waals surface area contributed by atoms with Crippen molar-refractivity contribution in [2.24, 2.45) is 0 Å². The number of ether oxygens (including phenoxy) is 1. The number of methoxy groups -OCH3 is 1. The Morgan fingerprint density at radius 2 is 2.07 bits per heavy atom. The van der Waals surface area contributed by atoms with Gasteiger partial charge in [-0.1, -0.05) is 30.7 Å². The molecule has 0 saturated carbocycles. The van der Waals surface area contributed by atoms with Crippen LogP contribution in [0.15, 0.2) is 18.2 Å². The van der Waals surface area contributed by atoms with Crippen LogP contribution in [0.1, 0.15) is 48.0 Å². The fourth-order valence-electron chi connectivity index (χ4n) is 3.07. The normalized spacial score (nSPS) is 10.8. The minimum absolute atomic E-state index is 0.276. The molecule has 0 bridgehead atoms. The second kappa shape index (κ2) is 9.12. The highest BCUT2D eigenvalue weighted by atomic mass is 16.5. The molecule has 1 aromatic carbocycles. The Morgan fingerprint density at radius 1 is 1.21 bits per heavy atom. The number of hydrogen-bond donors (Lipinski definition) is 3. The standard InChI is InChI=1S/C19H26N8O/c1-4-5-8-21-18-15(12(2)22-19(20)23-18)11-14-9-13(6-7-16(14)28-3)10-17-24-26-27-25-17/h6-7,9H,4-5,8,10-11H2,1-3H3,(H3,20,21,22,23)(H,24,25,26,27). The minimum atomic E-state index is 0.276. The van der Waals surface area contributed by atoms with Crippen LogP contribution < -0.4 is 15.8 Å². The molecule has 0 unspecified atom stereocenters. The first-order valence-corrected chi connectivity index (χ1v) is 9.35. The summed E-state index contributed by atoms with van der Waals surface area (Å²) in [4.78, 5) is 8.77. The van der Waals surface area contributed by atoms with E-state index < -0.39 is 0 Å². The van der Waals surface area contributed by atoms with Crippen molar-refractivity contribution in [3.8, 4) is 5.75 Å². The van der Waals surface area contributed by atoms with Crippen molar-refractivity contribution in [1.82, 2.24) is 30.6 Å². The van der Waals surface area contributed by atoms with Gasteiger partial charge in [-0.05, 0) is 30.5 Å². The first-order chi connectivity index (χ1) is 13.6. The van der Waals surface area contributed by atoms with Crippen molar-refractivity contribution < 1.29 is 4.74 Å². The molecule has 0 spiro atoms. The van der Waals surface area contributed by atoms with Gasteiger partial charge < -0.3 is 15.8 Å². The van der Waals surface area contributed by atoms with E-state index in [9.17, 15) is 0 Å². The Labute approximate surface area is 164 Å². The predicted octanol–water partition coefficient (Wildman–Crippen LogP) is 2.28. The van der Waals surface area contributed by atoms with E-state index in [1.807, 2.05) is 19.1 Å². The quantitative estimate of drug-likeness (QED) is 0.481. The Kier molecular flexibility index (Phi) is 6.36. The number of nitrogens with two attached hydrogens (primary N) is 1. The zero-order chi connectivity index (χ0) is 19.9. The number of nitrogens with zero attached hydrogens (tertiary/aromatic N) is 5. The van der Waals surface area contributed by atoms with E-state index in [2.05, 4.69) is 48.9 Å². The summed E-state index contributed by atoms with van der Waals surface area (Å²) < 4.78 is 5.57. The molecule has 2 heterocycles. The zero-order valence-electron chi connectivity index (χ0n) is 16.5. The Hall–Kier alpha value is -3.23. The maximum atomic E-state index is 5.87. The highest BCUT2D eigenvalue weighted by Crippen LogP contribution is 2.28. The number of hydrogen-bond acceptors (Lipinski definition) is 8. The fraction of sp³-hybridized carbons (Fsp3) is 0.421. The summed E-state index contributed by atoms with van der Waals surface area (Å²) in [5, 5.41) is 17.5. The first kappa shape index (κ1) is 19.5. The molecule has 3 aromatic rings. The number of benzene rings is 1. The molecular weight excluding hydrogens is 356 g/mol. The van der Waals surface area contributed by atoms with Gasteiger partial charge in [-0.2, -0.15) is 10.2 Å². The smallest absolute Gasteiger partial charge is 0.222 e. The van der Waals surface area contributed by atoms with Crippen LogP contribution in [-0.2, 0) is 12.8 Å². The number of unbranched alkanes of at least 4 members (excludes halogenated alkanes) is 1. The van der Waals surface area contributed by atoms with Crippen LogP contribution in [-0.4, -0.2) is 44.2 Å². The topological polar surface area (TPSA) is 128 Å². The highest BCUT2D eigenvalue weighted by Gasteiger charge is 2.15. The molecule has 0 aliphatic carbocycles. The average Bonchev–Trinajstić information content (AvgIpc) is 3.18. The van der Waals surface area contributed by atoms with Gasteiger partial charge in [0.2, 0.25) is 5.95 Å². The van der Waals surface area contributed by atoms with Gasteiger partial charge in [0, 0.05) is 30.6 Å². The van der Waals surface area contributed by atoms with E-state index in [0.717, 1.165) is 53.3 Å². The van der Waals surface area contributed by atoms with Crippen LogP contribution >= 0.6 is 0 Å². The van der Waals surface area contributed by atoms with E-state index in [4.69, 9.17) is 10.5 Å². The van der Waals surface area contributed by atoms with Gasteiger partial charge in [-0.3, -0.25) is 0 Å². The molecule has 0 aliphatic rings. The van der Waals surface area contributed by atoms with Gasteiger partial charge in [0.1, 0.15) is 11.6 Å². The molecule has 0 fully saturated rings. The fourth-order valence-corrected chi connectivity index (χ4v) is 3.07. The van der Waals surface area contributed by atoms with E-state index in [1.54, 1.807) is 7.11 Å². The molecule has 0 aliphatic heterocycles. The van der Waals surface area contributed by atoms with Gasteiger partial charge in [-0.25, -0.2) is 4.98 Å². The van der Waals surface area contributed by atoms with Crippen molar-refractivity contribution in [3.63, 3.8) is 0 Å². The molecule has 0 atom stereocenters. The van der Waals surface area contributed by atoms with Gasteiger partial charge in [0.15, 0.2) is 5.82 Å². The summed E-state index contributed by atoms with van der Waals surface area (Å²) in [6.45, 7) is 4.95. The van der Waals surface area contributed by atoms with E-state index >= 15 is 0 Å². The molecule has 28 heavy (non-hydrogen) atoms. The lowest BCUT2D eigenvalue weighted by Crippen LogP contribution is -2.12. The monoisotopic (exact) mass is 382 g/mol. The molecule has 0 amide bonds. The molecule has 4 N–H and O–H groups in total. The lowest BCUT2D eigenvalue weighted by atomic mass is 9.99. The minimum Gasteiger partial charge on any atom is -0.496 e. The van der Waals surface area contributed by atoms with Crippen molar-refractivity contribution in [2.45, 2.75) is 39.5 Å². The zero-order valence-corrected chi connectivity index (χ0v) is 16.5. The number of tetrazole rings is 1. The first-order valence-electron chi connectivity index (χ1n) is 9.35. The molecule has 9 heteroatoms. The summed E-state index contributed by atoms with van der Waals surface area (Å²) >= 11 is 0. The van der Waals surface area contributed by atoms with Gasteiger partial charge in [0.25, 0.3) is 0 Å². The molecule has 2 aromatic heterocycles. The number of nitrogens with one attached hydrogen (secondary N) is 2. The largest absolute Gasteiger partial charge is 0.496 e. The maximum Gasteiger partial charge on any atom is 0.222 e. The SMILES string of the molecule is CCCCNc1nc(N)nc(C)c1Cc1cc(Cc2nn[nH]n2)ccc1OC. The Balaban J connectivity index is 1.91. The van der Waals surface area contributed by atoms with Gasteiger partial charge in [-0.15, -0.1) is 10.2 Å². The molecule has 0 saturated heterocycles. The summed E-state index contributed by atoms with van der Waals surface area (Å²) in [7, 11) is 1.67. The van der Waals surface area contributed by atoms with Crippen molar-refractivity contribution in [1.29, 1.82) is 0 Å². The van der Waals surface area contributed by atoms with Crippen LogP contribution in [0, 0.1) is 6.92 Å². The number of H-pyrrole nitrogens is 1. The van der Waals surface area contributed by atoms with Crippen LogP contribution in [0.3, 0.4) is 0 Å². The lowest BCUT2D eigenvalue weighted by Gasteiger charge is -2.16. The molecule has 3 rings (SSSR count). The van der Waals surface area contributed by atoms with E-state index in [1.165, 1.54) is 0 Å². The van der Waals surface area contributed by atoms with Crippen molar-refractivity contribution >= 4 is 11.8 Å². The molecule has 9 nitrogen and oxygen atoms in total. The number of aromatic nitrogens is 6. The number of aryl methyl sites for hydroxylation is 1.